The van der Waals surface area contributed by atoms with E-state index in [-0.39, 0.29) is 17.8 Å². The summed E-state index contributed by atoms with van der Waals surface area (Å²) in [5.41, 5.74) is 0. The van der Waals surface area contributed by atoms with Crippen molar-refractivity contribution in [3.05, 3.63) is 11.2 Å². The molecular weight excluding hydrogens is 274 g/mol. The van der Waals surface area contributed by atoms with Crippen LogP contribution in [0, 0.1) is 0 Å². The van der Waals surface area contributed by atoms with E-state index in [4.69, 9.17) is 10.2 Å². The van der Waals surface area contributed by atoms with Crippen molar-refractivity contribution >= 4 is 34.2 Å². The van der Waals surface area contributed by atoms with E-state index in [1.54, 1.807) is 7.05 Å². The van der Waals surface area contributed by atoms with Gasteiger partial charge in [0.25, 0.3) is 5.91 Å². The lowest BCUT2D eigenvalue weighted by Gasteiger charge is -2.12. The van der Waals surface area contributed by atoms with Crippen LogP contribution in [-0.2, 0) is 9.59 Å². The third kappa shape index (κ3) is 4.54. The van der Waals surface area contributed by atoms with E-state index in [1.807, 2.05) is 0 Å². The highest BCUT2D eigenvalue weighted by Crippen LogP contribution is 2.17. The minimum Gasteiger partial charge on any atom is -0.481 e. The van der Waals surface area contributed by atoms with Crippen LogP contribution in [0.5, 0.6) is 0 Å². The Labute approximate surface area is 112 Å². The van der Waals surface area contributed by atoms with Crippen molar-refractivity contribution in [1.29, 1.82) is 0 Å². The average molecular weight is 287 g/mol. The van der Waals surface area contributed by atoms with E-state index in [1.165, 1.54) is 6.20 Å². The fourth-order valence-electron chi connectivity index (χ4n) is 1.24. The molecule has 0 bridgehead atoms. The molecule has 0 aliphatic rings. The van der Waals surface area contributed by atoms with Gasteiger partial charge >= 0.3 is 11.9 Å². The maximum Gasteiger partial charge on any atom is 0.326 e. The standard InChI is InChI=1S/C10H13N3O5S/c1-11-6-4-12-9(19-6)8(16)13-5(10(17)18)2-3-7(14)15/h4-5,11H,2-3H2,1H3,(H,13,16)(H,14,15)(H,17,18)/t5-/m0/s1. The lowest BCUT2D eigenvalue weighted by molar-refractivity contribution is -0.140. The monoisotopic (exact) mass is 287 g/mol. The average Bonchev–Trinajstić information content (AvgIpc) is 2.82. The van der Waals surface area contributed by atoms with Crippen LogP contribution in [0.15, 0.2) is 6.20 Å². The molecule has 19 heavy (non-hydrogen) atoms. The first-order chi connectivity index (χ1) is 8.93. The fraction of sp³-hybridized carbons (Fsp3) is 0.400. The van der Waals surface area contributed by atoms with Crippen molar-refractivity contribution in [1.82, 2.24) is 10.3 Å². The summed E-state index contributed by atoms with van der Waals surface area (Å²) in [6.45, 7) is 0. The highest BCUT2D eigenvalue weighted by atomic mass is 32.1. The number of nitrogens with zero attached hydrogens (tertiary/aromatic N) is 1. The number of hydrogen-bond acceptors (Lipinski definition) is 6. The molecule has 0 aliphatic heterocycles. The van der Waals surface area contributed by atoms with Crippen LogP contribution >= 0.6 is 11.3 Å². The summed E-state index contributed by atoms with van der Waals surface area (Å²) in [5, 5.41) is 23.2. The Balaban J connectivity index is 2.65. The van der Waals surface area contributed by atoms with Gasteiger partial charge in [-0.15, -0.1) is 0 Å². The summed E-state index contributed by atoms with van der Waals surface area (Å²) in [5.74, 6) is -3.03. The molecule has 1 aromatic rings. The molecule has 0 saturated heterocycles. The van der Waals surface area contributed by atoms with Crippen molar-refractivity contribution in [3.8, 4) is 0 Å². The summed E-state index contributed by atoms with van der Waals surface area (Å²) >= 11 is 1.08. The quantitative estimate of drug-likeness (QED) is 0.565. The normalized spacial score (nSPS) is 11.6. The van der Waals surface area contributed by atoms with Crippen molar-refractivity contribution in [2.24, 2.45) is 0 Å². The van der Waals surface area contributed by atoms with Crippen LogP contribution in [0.4, 0.5) is 5.00 Å². The summed E-state index contributed by atoms with van der Waals surface area (Å²) in [6.07, 6.45) is 0.935. The lowest BCUT2D eigenvalue weighted by Crippen LogP contribution is -2.41. The van der Waals surface area contributed by atoms with Crippen molar-refractivity contribution in [2.45, 2.75) is 18.9 Å². The number of thiazole rings is 1. The van der Waals surface area contributed by atoms with Crippen LogP contribution in [0.1, 0.15) is 22.6 Å². The van der Waals surface area contributed by atoms with Gasteiger partial charge in [-0.2, -0.15) is 0 Å². The van der Waals surface area contributed by atoms with Gasteiger partial charge in [-0.05, 0) is 6.42 Å². The summed E-state index contributed by atoms with van der Waals surface area (Å²) in [7, 11) is 1.67. The molecule has 4 N–H and O–H groups in total. The number of amides is 1. The number of rotatable bonds is 7. The van der Waals surface area contributed by atoms with Crippen LogP contribution < -0.4 is 10.6 Å². The second kappa shape index (κ2) is 6.69. The molecule has 8 nitrogen and oxygen atoms in total. The molecule has 1 atom stereocenters. The number of hydrogen-bond donors (Lipinski definition) is 4. The molecule has 0 aliphatic carbocycles. The predicted molar refractivity (Wildman–Crippen MR) is 67.4 cm³/mol. The molecule has 1 amide bonds. The lowest BCUT2D eigenvalue weighted by atomic mass is 10.1. The number of nitrogens with one attached hydrogen (secondary N) is 2. The molecule has 0 unspecified atom stereocenters. The van der Waals surface area contributed by atoms with Crippen molar-refractivity contribution < 1.29 is 24.6 Å². The van der Waals surface area contributed by atoms with Crippen LogP contribution in [0.3, 0.4) is 0 Å². The summed E-state index contributed by atoms with van der Waals surface area (Å²) in [6, 6.07) is -1.24. The van der Waals surface area contributed by atoms with Gasteiger partial charge in [-0.25, -0.2) is 9.78 Å². The number of anilines is 1. The van der Waals surface area contributed by atoms with Crippen LogP contribution in [0.2, 0.25) is 0 Å². The van der Waals surface area contributed by atoms with Gasteiger partial charge in [-0.3, -0.25) is 9.59 Å². The predicted octanol–water partition coefficient (Wildman–Crippen LogP) is 0.233. The number of aliphatic carboxylic acids is 2. The summed E-state index contributed by atoms with van der Waals surface area (Å²) < 4.78 is 0. The highest BCUT2D eigenvalue weighted by molar-refractivity contribution is 7.17. The molecule has 0 aromatic carbocycles. The topological polar surface area (TPSA) is 129 Å². The highest BCUT2D eigenvalue weighted by Gasteiger charge is 2.22. The van der Waals surface area contributed by atoms with E-state index in [9.17, 15) is 14.4 Å². The zero-order valence-electron chi connectivity index (χ0n) is 10.0. The zero-order valence-corrected chi connectivity index (χ0v) is 10.9. The molecule has 0 saturated carbocycles. The fourth-order valence-corrected chi connectivity index (χ4v) is 1.91. The zero-order chi connectivity index (χ0) is 14.4. The number of aromatic nitrogens is 1. The first-order valence-corrected chi connectivity index (χ1v) is 6.14. The van der Waals surface area contributed by atoms with Crippen LogP contribution in [0.25, 0.3) is 0 Å². The van der Waals surface area contributed by atoms with E-state index in [0.717, 1.165) is 11.3 Å². The number of carbonyl (C=O) groups is 3. The van der Waals surface area contributed by atoms with Gasteiger partial charge in [0.05, 0.1) is 6.20 Å². The van der Waals surface area contributed by atoms with E-state index in [0.29, 0.717) is 5.00 Å². The van der Waals surface area contributed by atoms with Gasteiger partial charge < -0.3 is 20.8 Å². The van der Waals surface area contributed by atoms with Gasteiger partial charge in [0.15, 0.2) is 5.01 Å². The maximum absolute atomic E-state index is 11.7. The van der Waals surface area contributed by atoms with Gasteiger partial charge in [-0.1, -0.05) is 11.3 Å². The SMILES string of the molecule is CNc1cnc(C(=O)N[C@@H](CCC(=O)O)C(=O)O)s1. The molecule has 1 aromatic heterocycles. The van der Waals surface area contributed by atoms with Crippen molar-refractivity contribution in [3.63, 3.8) is 0 Å². The Kier molecular flexibility index (Phi) is 5.24. The second-order valence-corrected chi connectivity index (χ2v) is 4.61. The second-order valence-electron chi connectivity index (χ2n) is 3.58. The number of carboxylic acids is 2. The number of carbonyl (C=O) groups excluding carboxylic acids is 1. The largest absolute Gasteiger partial charge is 0.481 e. The molecule has 0 spiro atoms. The molecule has 9 heteroatoms. The van der Waals surface area contributed by atoms with Crippen molar-refractivity contribution in [2.75, 3.05) is 12.4 Å². The Bertz CT molecular complexity index is 487. The Morgan fingerprint density at radius 2 is 2.11 bits per heavy atom. The Hall–Kier alpha value is -2.16. The third-order valence-corrected chi connectivity index (χ3v) is 3.21. The first kappa shape index (κ1) is 14.9. The van der Waals surface area contributed by atoms with E-state index < -0.39 is 23.9 Å². The molecule has 0 fully saturated rings. The minimum absolute atomic E-state index is 0.117. The Morgan fingerprint density at radius 3 is 2.58 bits per heavy atom. The number of carboxylic acid groups (broad SMARTS) is 2. The molecular formula is C10H13N3O5S. The van der Waals surface area contributed by atoms with Crippen LogP contribution in [-0.4, -0.2) is 46.1 Å². The minimum atomic E-state index is -1.28. The smallest absolute Gasteiger partial charge is 0.326 e. The van der Waals surface area contributed by atoms with E-state index >= 15 is 0 Å². The molecule has 104 valence electrons. The summed E-state index contributed by atoms with van der Waals surface area (Å²) in [4.78, 5) is 36.9. The molecule has 1 rings (SSSR count). The molecule has 0 radical (unpaired) electrons. The van der Waals surface area contributed by atoms with Gasteiger partial charge in [0, 0.05) is 13.5 Å². The van der Waals surface area contributed by atoms with E-state index in [2.05, 4.69) is 15.6 Å². The van der Waals surface area contributed by atoms with Gasteiger partial charge in [0.2, 0.25) is 0 Å². The first-order valence-electron chi connectivity index (χ1n) is 5.33. The van der Waals surface area contributed by atoms with Gasteiger partial charge in [0.1, 0.15) is 11.0 Å². The molecule has 1 heterocycles. The maximum atomic E-state index is 11.7. The Morgan fingerprint density at radius 1 is 1.42 bits per heavy atom. The third-order valence-electron chi connectivity index (χ3n) is 2.20.